The first-order valence-corrected chi connectivity index (χ1v) is 7.11. The van der Waals surface area contributed by atoms with Gasteiger partial charge in [-0.1, -0.05) is 34.1 Å². The van der Waals surface area contributed by atoms with Gasteiger partial charge in [-0.3, -0.25) is 4.79 Å². The van der Waals surface area contributed by atoms with E-state index in [1.807, 2.05) is 11.9 Å². The molecule has 1 rings (SSSR count). The lowest BCUT2D eigenvalue weighted by Gasteiger charge is -2.38. The van der Waals surface area contributed by atoms with Crippen LogP contribution in [-0.4, -0.2) is 24.4 Å². The maximum absolute atomic E-state index is 12.3. The highest BCUT2D eigenvalue weighted by Gasteiger charge is 2.34. The van der Waals surface area contributed by atoms with Crippen molar-refractivity contribution in [2.24, 2.45) is 17.3 Å². The largest absolute Gasteiger partial charge is 0.346 e. The topological polar surface area (TPSA) is 20.3 Å². The molecule has 1 aliphatic carbocycles. The maximum atomic E-state index is 12.3. The van der Waals surface area contributed by atoms with E-state index in [4.69, 9.17) is 0 Å². The predicted octanol–water partition coefficient (Wildman–Crippen LogP) is 3.71. The van der Waals surface area contributed by atoms with E-state index in [-0.39, 0.29) is 5.92 Å². The minimum Gasteiger partial charge on any atom is -0.346 e. The molecule has 2 heteroatoms. The van der Waals surface area contributed by atoms with E-state index in [0.29, 0.717) is 17.2 Å². The minimum absolute atomic E-state index is 0.282. The Hall–Kier alpha value is -0.530. The molecule has 0 spiro atoms. The Kier molecular flexibility index (Phi) is 5.03. The van der Waals surface area contributed by atoms with Gasteiger partial charge in [0.05, 0.1) is 0 Å². The zero-order chi connectivity index (χ0) is 13.1. The second-order valence-electron chi connectivity index (χ2n) is 6.69. The molecule has 0 heterocycles. The SMILES string of the molecule is CCCN(C)C(=O)C1CCCC(C(C)(C)C)C1. The quantitative estimate of drug-likeness (QED) is 0.735. The number of hydrogen-bond donors (Lipinski definition) is 0. The third-order valence-electron chi connectivity index (χ3n) is 4.18. The lowest BCUT2D eigenvalue weighted by Crippen LogP contribution is -2.38. The van der Waals surface area contributed by atoms with Gasteiger partial charge in [-0.15, -0.1) is 0 Å². The Morgan fingerprint density at radius 2 is 1.94 bits per heavy atom. The lowest BCUT2D eigenvalue weighted by molar-refractivity contribution is -0.136. The predicted molar refractivity (Wildman–Crippen MR) is 72.8 cm³/mol. The molecule has 1 aliphatic rings. The highest BCUT2D eigenvalue weighted by atomic mass is 16.2. The Balaban J connectivity index is 2.57. The summed E-state index contributed by atoms with van der Waals surface area (Å²) in [7, 11) is 1.95. The third-order valence-corrected chi connectivity index (χ3v) is 4.18. The molecule has 1 saturated carbocycles. The van der Waals surface area contributed by atoms with E-state index in [1.54, 1.807) is 0 Å². The molecular weight excluding hydrogens is 210 g/mol. The van der Waals surface area contributed by atoms with Crippen molar-refractivity contribution in [3.63, 3.8) is 0 Å². The summed E-state index contributed by atoms with van der Waals surface area (Å²) >= 11 is 0. The van der Waals surface area contributed by atoms with Crippen LogP contribution in [0.4, 0.5) is 0 Å². The van der Waals surface area contributed by atoms with Crippen LogP contribution in [0.25, 0.3) is 0 Å². The van der Waals surface area contributed by atoms with Crippen LogP contribution >= 0.6 is 0 Å². The molecule has 0 aliphatic heterocycles. The molecule has 0 radical (unpaired) electrons. The first kappa shape index (κ1) is 14.5. The molecular formula is C15H29NO. The summed E-state index contributed by atoms with van der Waals surface area (Å²) in [5.41, 5.74) is 0.349. The molecule has 1 fully saturated rings. The smallest absolute Gasteiger partial charge is 0.225 e. The fourth-order valence-electron chi connectivity index (χ4n) is 2.96. The van der Waals surface area contributed by atoms with Crippen molar-refractivity contribution in [1.29, 1.82) is 0 Å². The molecule has 0 aromatic rings. The molecule has 0 aromatic carbocycles. The van der Waals surface area contributed by atoms with Crippen molar-refractivity contribution in [2.75, 3.05) is 13.6 Å². The zero-order valence-corrected chi connectivity index (χ0v) is 12.3. The van der Waals surface area contributed by atoms with Gasteiger partial charge >= 0.3 is 0 Å². The van der Waals surface area contributed by atoms with Crippen molar-refractivity contribution in [3.05, 3.63) is 0 Å². The number of rotatable bonds is 3. The van der Waals surface area contributed by atoms with Gasteiger partial charge in [-0.25, -0.2) is 0 Å². The molecule has 0 N–H and O–H groups in total. The highest BCUT2D eigenvalue weighted by molar-refractivity contribution is 5.78. The van der Waals surface area contributed by atoms with E-state index < -0.39 is 0 Å². The van der Waals surface area contributed by atoms with Crippen molar-refractivity contribution in [3.8, 4) is 0 Å². The molecule has 17 heavy (non-hydrogen) atoms. The standard InChI is InChI=1S/C15H29NO/c1-6-10-16(5)14(17)12-8-7-9-13(11-12)15(2,3)4/h12-13H,6-11H2,1-5H3. The van der Waals surface area contributed by atoms with E-state index >= 15 is 0 Å². The van der Waals surface area contributed by atoms with Gasteiger partial charge in [-0.05, 0) is 37.0 Å². The van der Waals surface area contributed by atoms with Crippen molar-refractivity contribution < 1.29 is 4.79 Å². The first-order chi connectivity index (χ1) is 7.86. The fraction of sp³-hybridized carbons (Fsp3) is 0.933. The zero-order valence-electron chi connectivity index (χ0n) is 12.3. The average molecular weight is 239 g/mol. The molecule has 2 unspecified atom stereocenters. The van der Waals surface area contributed by atoms with Gasteiger partial charge in [0.1, 0.15) is 0 Å². The lowest BCUT2D eigenvalue weighted by atomic mass is 9.69. The van der Waals surface area contributed by atoms with Crippen LogP contribution in [0.2, 0.25) is 0 Å². The van der Waals surface area contributed by atoms with Crippen LogP contribution in [0.3, 0.4) is 0 Å². The van der Waals surface area contributed by atoms with Crippen LogP contribution in [0, 0.1) is 17.3 Å². The summed E-state index contributed by atoms with van der Waals surface area (Å²) in [6.07, 6.45) is 5.76. The van der Waals surface area contributed by atoms with Crippen molar-refractivity contribution in [2.45, 2.75) is 59.8 Å². The molecule has 1 amide bonds. The Morgan fingerprint density at radius 3 is 2.47 bits per heavy atom. The van der Waals surface area contributed by atoms with Gasteiger partial charge in [-0.2, -0.15) is 0 Å². The van der Waals surface area contributed by atoms with E-state index in [0.717, 1.165) is 25.8 Å². The highest BCUT2D eigenvalue weighted by Crippen LogP contribution is 2.40. The average Bonchev–Trinajstić information content (AvgIpc) is 2.27. The van der Waals surface area contributed by atoms with Crippen molar-refractivity contribution in [1.82, 2.24) is 4.90 Å². The first-order valence-electron chi connectivity index (χ1n) is 7.11. The van der Waals surface area contributed by atoms with Crippen LogP contribution in [0.15, 0.2) is 0 Å². The molecule has 0 bridgehead atoms. The van der Waals surface area contributed by atoms with Gasteiger partial charge in [0, 0.05) is 19.5 Å². The Morgan fingerprint density at radius 1 is 1.29 bits per heavy atom. The number of amides is 1. The second kappa shape index (κ2) is 5.88. The molecule has 100 valence electrons. The Labute approximate surface area is 107 Å². The number of carbonyl (C=O) groups is 1. The Bertz CT molecular complexity index is 254. The summed E-state index contributed by atoms with van der Waals surface area (Å²) in [6.45, 7) is 9.94. The summed E-state index contributed by atoms with van der Waals surface area (Å²) in [4.78, 5) is 14.2. The number of nitrogens with zero attached hydrogens (tertiary/aromatic N) is 1. The number of hydrogen-bond acceptors (Lipinski definition) is 1. The van der Waals surface area contributed by atoms with Gasteiger partial charge < -0.3 is 4.90 Å². The van der Waals surface area contributed by atoms with Crippen molar-refractivity contribution >= 4 is 5.91 Å². The summed E-state index contributed by atoms with van der Waals surface area (Å²) in [5, 5.41) is 0. The van der Waals surface area contributed by atoms with Gasteiger partial charge in [0.2, 0.25) is 5.91 Å². The third kappa shape index (κ3) is 4.01. The normalized spacial score (nSPS) is 25.7. The monoisotopic (exact) mass is 239 g/mol. The molecule has 2 nitrogen and oxygen atoms in total. The van der Waals surface area contributed by atoms with E-state index in [9.17, 15) is 4.79 Å². The van der Waals surface area contributed by atoms with Gasteiger partial charge in [0.15, 0.2) is 0 Å². The second-order valence-corrected chi connectivity index (χ2v) is 6.69. The van der Waals surface area contributed by atoms with Gasteiger partial charge in [0.25, 0.3) is 0 Å². The summed E-state index contributed by atoms with van der Waals surface area (Å²) in [5.74, 6) is 1.37. The minimum atomic E-state index is 0.282. The molecule has 0 saturated heterocycles. The summed E-state index contributed by atoms with van der Waals surface area (Å²) < 4.78 is 0. The van der Waals surface area contributed by atoms with Crippen LogP contribution in [0.1, 0.15) is 59.8 Å². The van der Waals surface area contributed by atoms with Crippen LogP contribution in [-0.2, 0) is 4.79 Å². The molecule has 0 aromatic heterocycles. The van der Waals surface area contributed by atoms with E-state index in [2.05, 4.69) is 27.7 Å². The van der Waals surface area contributed by atoms with E-state index in [1.165, 1.54) is 12.8 Å². The maximum Gasteiger partial charge on any atom is 0.225 e. The fourth-order valence-corrected chi connectivity index (χ4v) is 2.96. The van der Waals surface area contributed by atoms with Crippen LogP contribution in [0.5, 0.6) is 0 Å². The summed E-state index contributed by atoms with van der Waals surface area (Å²) in [6, 6.07) is 0. The molecule has 2 atom stereocenters. The number of carbonyl (C=O) groups excluding carboxylic acids is 1. The van der Waals surface area contributed by atoms with Crippen LogP contribution < -0.4 is 0 Å².